The normalized spacial score (nSPS) is 20.2. The Morgan fingerprint density at radius 2 is 0.803 bits per heavy atom. The van der Waals surface area contributed by atoms with E-state index in [0.717, 1.165) is 0 Å². The highest BCUT2D eigenvalue weighted by Gasteiger charge is 2.17. The van der Waals surface area contributed by atoms with Crippen LogP contribution in [0.1, 0.15) is 53.5 Å². The highest BCUT2D eigenvalue weighted by Crippen LogP contribution is 2.41. The maximum Gasteiger partial charge on any atom is 0.0788 e. The molecule has 11 aromatic rings. The Labute approximate surface area is 410 Å². The van der Waals surface area contributed by atoms with Crippen LogP contribution in [-0.4, -0.2) is 9.97 Å². The molecule has 286 valence electrons. The molecular formula is C58H39N3. The van der Waals surface area contributed by atoms with Gasteiger partial charge in [0.05, 0.1) is 76.1 Å². The van der Waals surface area contributed by atoms with Crippen LogP contribution in [0.5, 0.6) is 0 Å². The van der Waals surface area contributed by atoms with Crippen LogP contribution in [0.2, 0.25) is 0 Å². The molecule has 0 aliphatic carbocycles. The minimum Gasteiger partial charge on any atom is -0.311 e. The minimum atomic E-state index is -1.30. The fourth-order valence-electron chi connectivity index (χ4n) is 6.15. The first-order valence-corrected chi connectivity index (χ1v) is 17.6. The molecule has 9 aromatic carbocycles. The van der Waals surface area contributed by atoms with E-state index >= 15 is 0 Å². The molecule has 3 heteroatoms. The third kappa shape index (κ3) is 6.88. The molecule has 0 aliphatic rings. The fraction of sp³-hybridized carbons (Fsp3) is 0. The van der Waals surface area contributed by atoms with Crippen molar-refractivity contribution in [2.75, 3.05) is 4.90 Å². The Hall–Kier alpha value is -8.14. The van der Waals surface area contributed by atoms with E-state index < -0.39 is 341 Å². The van der Waals surface area contributed by atoms with E-state index in [9.17, 15) is 21.9 Å². The predicted octanol–water partition coefficient (Wildman–Crippen LogP) is 15.7. The van der Waals surface area contributed by atoms with Crippen LogP contribution < -0.4 is 4.90 Å². The molecule has 0 unspecified atom stereocenters. The molecule has 0 radical (unpaired) electrons. The lowest BCUT2D eigenvalue weighted by atomic mass is 9.92. The third-order valence-electron chi connectivity index (χ3n) is 8.81. The van der Waals surface area contributed by atoms with Crippen LogP contribution in [0, 0.1) is 0 Å². The smallest absolute Gasteiger partial charge is 0.0788 e. The van der Waals surface area contributed by atoms with Gasteiger partial charge in [-0.25, -0.2) is 9.97 Å². The van der Waals surface area contributed by atoms with Crippen LogP contribution in [0.25, 0.3) is 88.5 Å². The Kier molecular flexibility index (Phi) is 3.49. The summed E-state index contributed by atoms with van der Waals surface area (Å²) in [6.07, 6.45) is 0. The van der Waals surface area contributed by atoms with Crippen molar-refractivity contribution in [2.24, 2.45) is 0 Å². The molecule has 0 atom stereocenters. The maximum atomic E-state index is 10.1. The van der Waals surface area contributed by atoms with Crippen molar-refractivity contribution in [1.29, 1.82) is 0 Å². The first-order chi connectivity index (χ1) is 46.5. The Morgan fingerprint density at radius 3 is 1.41 bits per heavy atom. The summed E-state index contributed by atoms with van der Waals surface area (Å²) in [4.78, 5) is 9.08. The molecule has 0 N–H and O–H groups in total. The quantitative estimate of drug-likeness (QED) is 0.143. The number of hydrogen-bond acceptors (Lipinski definition) is 3. The van der Waals surface area contributed by atoms with Gasteiger partial charge in [0.15, 0.2) is 0 Å². The summed E-state index contributed by atoms with van der Waals surface area (Å²) in [5.74, 6) is 0. The van der Waals surface area contributed by atoms with Crippen LogP contribution in [-0.2, 0) is 0 Å². The number of para-hydroxylation sites is 2. The number of rotatable bonds is 8. The standard InChI is InChI=1S/C58H39N3/c1-5-16-43(17-6-1)55-38-47(39-56(59-55)44-18-7-2-8-19-44)46-32-36-54-53(37-46)57-51-24-14-13-15-42(51)31-35-52(57)58(60-54)45-27-25-40(26-28-45)41-29-33-50(34-30-41)61(48-20-9-3-10-21-48)49-22-11-4-12-23-49/h1-39H/i1D,2D,3D,4D,5D,6D,7D,8D,9D,10D,11D,12D,13D,14D,15D,16D,17D,18D,19D,20D,21D,22D,23D,24D,25D,26D,27D,28D,29D,30D,31D,32D,33D,34D,35D,36D,37D,38D,39D. The summed E-state index contributed by atoms with van der Waals surface area (Å²) >= 11 is 0. The SMILES string of the molecule is [2H]c1c([2H])c([2H])c(-c2nc(-c3c([2H])c([2H])c([2H])c([2H])c3[2H])c([2H])c(-c3c([2H])c([2H])c4nc(-c5c([2H])c([2H])c(-c6c([2H])c([2H])c(N(c7c([2H])c([2H])c([2H])c([2H])c7[2H])c7c([2H])c([2H])c([2H])c([2H])c7[2H])c([2H])c6[2H])c([2H])c5[2H])c5c([2H])c([2H])c6c([2H])c([2H])c([2H])c([2H])c6c5c4c3[2H])c2[2H])c([2H])c1[2H]. The average molecular weight is 817 g/mol. The van der Waals surface area contributed by atoms with Gasteiger partial charge in [0, 0.05) is 49.9 Å². The molecule has 0 aliphatic heterocycles. The van der Waals surface area contributed by atoms with Gasteiger partial charge < -0.3 is 4.90 Å². The lowest BCUT2D eigenvalue weighted by Gasteiger charge is -2.25. The molecule has 2 aromatic heterocycles. The predicted molar refractivity (Wildman–Crippen MR) is 256 cm³/mol. The topological polar surface area (TPSA) is 29.0 Å². The summed E-state index contributed by atoms with van der Waals surface area (Å²) in [6.45, 7) is 0. The van der Waals surface area contributed by atoms with E-state index in [1.165, 1.54) is 0 Å². The van der Waals surface area contributed by atoms with Crippen LogP contribution in [0.15, 0.2) is 236 Å². The van der Waals surface area contributed by atoms with Crippen molar-refractivity contribution in [3.8, 4) is 56.0 Å². The zero-order valence-corrected chi connectivity index (χ0v) is 30.3. The van der Waals surface area contributed by atoms with Gasteiger partial charge in [0.2, 0.25) is 0 Å². The van der Waals surface area contributed by atoms with E-state index in [0.29, 0.717) is 4.90 Å². The second-order valence-electron chi connectivity index (χ2n) is 12.4. The zero-order chi connectivity index (χ0) is 74.5. The Balaban J connectivity index is 1.28. The van der Waals surface area contributed by atoms with Gasteiger partial charge in [0.25, 0.3) is 0 Å². The molecule has 0 fully saturated rings. The van der Waals surface area contributed by atoms with Gasteiger partial charge in [0.1, 0.15) is 0 Å². The average Bonchev–Trinajstić information content (AvgIpc) is 0.692. The Bertz CT molecular complexity index is 5340. The number of hydrogen-bond donors (Lipinski definition) is 0. The number of benzene rings is 9. The second kappa shape index (κ2) is 15.6. The van der Waals surface area contributed by atoms with E-state index in [4.69, 9.17) is 31.5 Å². The molecular weight excluding hydrogens is 739 g/mol. The number of fused-ring (bicyclic) bond motifs is 5. The van der Waals surface area contributed by atoms with Gasteiger partial charge in [-0.3, -0.25) is 0 Å². The van der Waals surface area contributed by atoms with Crippen molar-refractivity contribution in [3.63, 3.8) is 0 Å². The molecule has 3 nitrogen and oxygen atoms in total. The van der Waals surface area contributed by atoms with Crippen molar-refractivity contribution in [3.05, 3.63) is 236 Å². The van der Waals surface area contributed by atoms with E-state index in [-0.39, 0.29) is 0 Å². The number of aromatic nitrogens is 2. The third-order valence-corrected chi connectivity index (χ3v) is 8.81. The van der Waals surface area contributed by atoms with Crippen molar-refractivity contribution < 1.29 is 53.5 Å². The van der Waals surface area contributed by atoms with Crippen LogP contribution >= 0.6 is 0 Å². The van der Waals surface area contributed by atoms with Gasteiger partial charge >= 0.3 is 0 Å². The van der Waals surface area contributed by atoms with E-state index in [2.05, 4.69) is 9.97 Å². The maximum absolute atomic E-state index is 10.1. The summed E-state index contributed by atoms with van der Waals surface area (Å²) in [5.41, 5.74) is -14.0. The highest BCUT2D eigenvalue weighted by atomic mass is 15.1. The second-order valence-corrected chi connectivity index (χ2v) is 12.4. The molecule has 0 amide bonds. The Morgan fingerprint density at radius 1 is 0.311 bits per heavy atom. The molecule has 0 spiro atoms. The fourth-order valence-corrected chi connectivity index (χ4v) is 6.15. The first-order valence-electron chi connectivity index (χ1n) is 37.1. The van der Waals surface area contributed by atoms with Crippen molar-refractivity contribution in [1.82, 2.24) is 9.97 Å². The highest BCUT2D eigenvalue weighted by molar-refractivity contribution is 6.22. The number of nitrogens with zero attached hydrogens (tertiary/aromatic N) is 3. The van der Waals surface area contributed by atoms with E-state index in [1.807, 2.05) is 0 Å². The lowest BCUT2D eigenvalue weighted by Crippen LogP contribution is -2.09. The molecule has 0 bridgehead atoms. The monoisotopic (exact) mass is 817 g/mol. The first kappa shape index (κ1) is 13.7. The zero-order valence-electron chi connectivity index (χ0n) is 69.3. The molecule has 2 heterocycles. The molecule has 11 rings (SSSR count). The van der Waals surface area contributed by atoms with Crippen molar-refractivity contribution >= 4 is 49.5 Å². The molecule has 0 saturated heterocycles. The summed E-state index contributed by atoms with van der Waals surface area (Å²) < 4.78 is 352. The summed E-state index contributed by atoms with van der Waals surface area (Å²) in [5, 5.41) is -4.01. The van der Waals surface area contributed by atoms with Crippen molar-refractivity contribution in [2.45, 2.75) is 0 Å². The van der Waals surface area contributed by atoms with E-state index in [1.54, 1.807) is 0 Å². The summed E-state index contributed by atoms with van der Waals surface area (Å²) in [7, 11) is 0. The molecule has 0 saturated carbocycles. The van der Waals surface area contributed by atoms with Crippen LogP contribution in [0.3, 0.4) is 0 Å². The lowest BCUT2D eigenvalue weighted by molar-refractivity contribution is 1.28. The number of pyridine rings is 2. The van der Waals surface area contributed by atoms with Gasteiger partial charge in [-0.1, -0.05) is 175 Å². The summed E-state index contributed by atoms with van der Waals surface area (Å²) in [6, 6.07) is -43.0. The van der Waals surface area contributed by atoms with Gasteiger partial charge in [-0.05, 0) is 93.5 Å². The van der Waals surface area contributed by atoms with Gasteiger partial charge in [-0.2, -0.15) is 0 Å². The minimum absolute atomic E-state index is 0.329. The van der Waals surface area contributed by atoms with Crippen LogP contribution in [0.4, 0.5) is 17.1 Å². The number of anilines is 3. The molecule has 61 heavy (non-hydrogen) atoms. The largest absolute Gasteiger partial charge is 0.311 e. The van der Waals surface area contributed by atoms with Gasteiger partial charge in [-0.15, -0.1) is 0 Å².